The summed E-state index contributed by atoms with van der Waals surface area (Å²) in [5, 5.41) is 15.2. The monoisotopic (exact) mass is 626 g/mol. The number of nitrogens with one attached hydrogen (secondary N) is 2. The molecule has 0 saturated carbocycles. The van der Waals surface area contributed by atoms with Crippen LogP contribution in [0.15, 0.2) is 134 Å². The van der Waals surface area contributed by atoms with Crippen molar-refractivity contribution in [1.29, 1.82) is 0 Å². The van der Waals surface area contributed by atoms with Crippen molar-refractivity contribution in [2.24, 2.45) is 0 Å². The Morgan fingerprint density at radius 1 is 0.766 bits per heavy atom. The molecule has 236 valence electrons. The molecule has 0 bridgehead atoms. The van der Waals surface area contributed by atoms with Gasteiger partial charge in [0.2, 0.25) is 0 Å². The van der Waals surface area contributed by atoms with Gasteiger partial charge >= 0.3 is 6.03 Å². The van der Waals surface area contributed by atoms with Gasteiger partial charge in [0, 0.05) is 23.4 Å². The van der Waals surface area contributed by atoms with E-state index >= 15 is 0 Å². The molecule has 3 N–H and O–H groups in total. The number of ether oxygens (including phenoxy) is 3. The van der Waals surface area contributed by atoms with Crippen molar-refractivity contribution in [3.05, 3.63) is 150 Å². The maximum atomic E-state index is 12.8. The topological polar surface area (TPSA) is 107 Å². The zero-order chi connectivity index (χ0) is 32.0. The van der Waals surface area contributed by atoms with Crippen molar-refractivity contribution >= 4 is 28.4 Å². The Kier molecular flexibility index (Phi) is 8.92. The van der Waals surface area contributed by atoms with Crippen LogP contribution in [0.1, 0.15) is 35.5 Å². The van der Waals surface area contributed by atoms with E-state index in [1.807, 2.05) is 103 Å². The Labute approximate surface area is 272 Å². The number of nitrogens with zero attached hydrogens (tertiary/aromatic N) is 2. The van der Waals surface area contributed by atoms with Gasteiger partial charge in [0.05, 0.1) is 42.7 Å². The first-order valence-corrected chi connectivity index (χ1v) is 15.5. The molecular weight excluding hydrogens is 592 g/mol. The number of hydrogen-bond acceptors (Lipinski definition) is 6. The number of rotatable bonds is 9. The van der Waals surface area contributed by atoms with E-state index in [0.29, 0.717) is 30.1 Å². The number of aliphatic hydroxyl groups is 1. The molecule has 6 aromatic rings. The fourth-order valence-corrected chi connectivity index (χ4v) is 5.66. The maximum Gasteiger partial charge on any atom is 0.323 e. The van der Waals surface area contributed by atoms with Crippen LogP contribution in [0.2, 0.25) is 0 Å². The summed E-state index contributed by atoms with van der Waals surface area (Å²) in [4.78, 5) is 17.3. The summed E-state index contributed by atoms with van der Waals surface area (Å²) in [6.45, 7) is 0.604. The number of aromatic nitrogens is 2. The van der Waals surface area contributed by atoms with Crippen molar-refractivity contribution in [3.63, 3.8) is 0 Å². The van der Waals surface area contributed by atoms with Gasteiger partial charge in [-0.1, -0.05) is 66.7 Å². The van der Waals surface area contributed by atoms with Crippen molar-refractivity contribution in [3.8, 4) is 11.5 Å². The molecule has 5 aromatic carbocycles. The van der Waals surface area contributed by atoms with Crippen LogP contribution in [0, 0.1) is 0 Å². The van der Waals surface area contributed by atoms with Crippen LogP contribution in [0.25, 0.3) is 11.0 Å². The van der Waals surface area contributed by atoms with E-state index in [0.717, 1.165) is 33.5 Å². The third kappa shape index (κ3) is 7.34. The molecule has 9 heteroatoms. The van der Waals surface area contributed by atoms with Crippen molar-refractivity contribution in [2.45, 2.75) is 38.1 Å². The lowest BCUT2D eigenvalue weighted by atomic mass is 10.00. The van der Waals surface area contributed by atoms with Crippen LogP contribution in [0.5, 0.6) is 11.5 Å². The molecule has 0 unspecified atom stereocenters. The highest BCUT2D eigenvalue weighted by atomic mass is 16.7. The minimum atomic E-state index is -0.620. The van der Waals surface area contributed by atoms with Gasteiger partial charge in [-0.3, -0.25) is 0 Å². The van der Waals surface area contributed by atoms with Crippen LogP contribution in [0.4, 0.5) is 16.2 Å². The fraction of sp³-hybridized carbons (Fsp3) is 0.158. The minimum Gasteiger partial charge on any atom is -0.457 e. The predicted molar refractivity (Wildman–Crippen MR) is 180 cm³/mol. The molecule has 1 saturated heterocycles. The van der Waals surface area contributed by atoms with E-state index in [2.05, 4.69) is 26.3 Å². The number of carbonyl (C=O) groups excluding carboxylic acids is 1. The largest absolute Gasteiger partial charge is 0.457 e. The maximum absolute atomic E-state index is 12.8. The number of imidazole rings is 1. The predicted octanol–water partition coefficient (Wildman–Crippen LogP) is 8.21. The molecule has 1 aliphatic rings. The lowest BCUT2D eigenvalue weighted by Gasteiger charge is -2.36. The van der Waals surface area contributed by atoms with Crippen molar-refractivity contribution in [1.82, 2.24) is 9.55 Å². The highest BCUT2D eigenvalue weighted by molar-refractivity contribution is 5.99. The fourth-order valence-electron chi connectivity index (χ4n) is 5.66. The lowest BCUT2D eigenvalue weighted by Crippen LogP contribution is -2.32. The Morgan fingerprint density at radius 2 is 1.40 bits per heavy atom. The van der Waals surface area contributed by atoms with Gasteiger partial charge in [-0.2, -0.15) is 0 Å². The molecule has 2 heterocycles. The second-order valence-electron chi connectivity index (χ2n) is 11.4. The molecule has 9 nitrogen and oxygen atoms in total. The summed E-state index contributed by atoms with van der Waals surface area (Å²) in [6, 6.07) is 39.7. The second-order valence-corrected chi connectivity index (χ2v) is 11.4. The van der Waals surface area contributed by atoms with Gasteiger partial charge < -0.3 is 34.5 Å². The van der Waals surface area contributed by atoms with Crippen LogP contribution in [-0.2, 0) is 22.6 Å². The number of benzene rings is 5. The average molecular weight is 627 g/mol. The third-order valence-corrected chi connectivity index (χ3v) is 8.07. The molecule has 2 amide bonds. The van der Waals surface area contributed by atoms with E-state index in [4.69, 9.17) is 14.2 Å². The van der Waals surface area contributed by atoms with Crippen LogP contribution in [-0.4, -0.2) is 26.8 Å². The number of urea groups is 1. The highest BCUT2D eigenvalue weighted by Crippen LogP contribution is 2.39. The second kappa shape index (κ2) is 13.9. The first kappa shape index (κ1) is 30.2. The van der Waals surface area contributed by atoms with Gasteiger partial charge in [0.1, 0.15) is 11.5 Å². The Balaban J connectivity index is 1.02. The van der Waals surface area contributed by atoms with Gasteiger partial charge in [0.25, 0.3) is 0 Å². The summed E-state index contributed by atoms with van der Waals surface area (Å²) in [6.07, 6.45) is 1.52. The molecule has 3 atom stereocenters. The van der Waals surface area contributed by atoms with Crippen LogP contribution < -0.4 is 15.4 Å². The lowest BCUT2D eigenvalue weighted by molar-refractivity contribution is -0.252. The minimum absolute atomic E-state index is 0.0116. The number of fused-ring (bicyclic) bond motifs is 1. The summed E-state index contributed by atoms with van der Waals surface area (Å²) >= 11 is 0. The third-order valence-electron chi connectivity index (χ3n) is 8.07. The van der Waals surface area contributed by atoms with E-state index in [-0.39, 0.29) is 24.8 Å². The standard InChI is InChI=1S/C38H34N4O5/c43-24-26-10-12-27(13-11-26)36-22-33(23-42-25-39-34-8-4-5-9-35(34)42)46-37(47-36)28-14-16-29(17-15-28)40-38(44)41-30-18-20-32(21-19-30)45-31-6-2-1-3-7-31/h1-21,25,33,36-37,43H,22-24H2,(H2,40,41,44)/t33-,36+,37+/m1/s1. The smallest absolute Gasteiger partial charge is 0.323 e. The molecular formula is C38H34N4O5. The molecule has 1 aromatic heterocycles. The Bertz CT molecular complexity index is 1930. The van der Waals surface area contributed by atoms with E-state index in [1.165, 1.54) is 0 Å². The highest BCUT2D eigenvalue weighted by Gasteiger charge is 2.32. The van der Waals surface area contributed by atoms with Gasteiger partial charge in [-0.15, -0.1) is 0 Å². The SMILES string of the molecule is O=C(Nc1ccc(Oc2ccccc2)cc1)Nc1ccc([C@H]2O[C@@H](Cn3cnc4ccccc43)C[C@@H](c3ccc(CO)cc3)O2)cc1. The number of aliphatic hydroxyl groups excluding tert-OH is 1. The number of carbonyl (C=O) groups is 1. The molecule has 1 aliphatic heterocycles. The quantitative estimate of drug-likeness (QED) is 0.149. The Hall–Kier alpha value is -5.48. The zero-order valence-electron chi connectivity index (χ0n) is 25.5. The number of para-hydroxylation sites is 3. The summed E-state index contributed by atoms with van der Waals surface area (Å²) in [5.74, 6) is 1.42. The van der Waals surface area contributed by atoms with Crippen molar-refractivity contribution in [2.75, 3.05) is 10.6 Å². The number of anilines is 2. The Morgan fingerprint density at radius 3 is 2.13 bits per heavy atom. The van der Waals surface area contributed by atoms with Crippen LogP contribution >= 0.6 is 0 Å². The van der Waals surface area contributed by atoms with Gasteiger partial charge in [0.15, 0.2) is 6.29 Å². The molecule has 1 fully saturated rings. The van der Waals surface area contributed by atoms with Crippen LogP contribution in [0.3, 0.4) is 0 Å². The summed E-state index contributed by atoms with van der Waals surface area (Å²) < 4.78 is 21.0. The first-order chi connectivity index (χ1) is 23.1. The normalized spacial score (nSPS) is 17.7. The first-order valence-electron chi connectivity index (χ1n) is 15.5. The molecule has 0 aliphatic carbocycles. The van der Waals surface area contributed by atoms with E-state index in [1.54, 1.807) is 24.3 Å². The molecule has 0 spiro atoms. The summed E-state index contributed by atoms with van der Waals surface area (Å²) in [7, 11) is 0. The van der Waals surface area contributed by atoms with E-state index < -0.39 is 6.29 Å². The average Bonchev–Trinajstić information content (AvgIpc) is 3.52. The van der Waals surface area contributed by atoms with Crippen molar-refractivity contribution < 1.29 is 24.1 Å². The van der Waals surface area contributed by atoms with Gasteiger partial charge in [-0.25, -0.2) is 9.78 Å². The summed E-state index contributed by atoms with van der Waals surface area (Å²) in [5.41, 5.74) is 5.95. The number of hydrogen-bond donors (Lipinski definition) is 3. The number of amides is 2. The van der Waals surface area contributed by atoms with E-state index in [9.17, 15) is 9.90 Å². The zero-order valence-corrected chi connectivity index (χ0v) is 25.5. The van der Waals surface area contributed by atoms with Gasteiger partial charge in [-0.05, 0) is 71.8 Å². The molecule has 7 rings (SSSR count). The molecule has 47 heavy (non-hydrogen) atoms. The molecule has 0 radical (unpaired) electrons.